The van der Waals surface area contributed by atoms with Crippen molar-refractivity contribution in [3.8, 4) is 11.5 Å². The molecule has 0 radical (unpaired) electrons. The van der Waals surface area contributed by atoms with Crippen molar-refractivity contribution in [1.82, 2.24) is 0 Å². The molecule has 3 N–H and O–H groups in total. The summed E-state index contributed by atoms with van der Waals surface area (Å²) < 4.78 is 39.6. The third kappa shape index (κ3) is 7.35. The number of phenolic OH excluding ortho intramolecular Hbond substituents is 1. The van der Waals surface area contributed by atoms with Gasteiger partial charge in [-0.2, -0.15) is 0 Å². The predicted molar refractivity (Wildman–Crippen MR) is 78.8 cm³/mol. The fourth-order valence-corrected chi connectivity index (χ4v) is 1.55. The molecular formula is C13H11BBrF3O4. The highest BCUT2D eigenvalue weighted by molar-refractivity contribution is 9.10. The van der Waals surface area contributed by atoms with Gasteiger partial charge in [-0.1, -0.05) is 28.1 Å². The molecule has 0 aliphatic heterocycles. The minimum Gasteiger partial charge on any atom is -0.508 e. The maximum Gasteiger partial charge on any atom is 0.573 e. The average Bonchev–Trinajstić information content (AvgIpc) is 2.42. The molecule has 0 aliphatic rings. The molecule has 4 nitrogen and oxygen atoms in total. The number of ether oxygens (including phenoxy) is 1. The van der Waals surface area contributed by atoms with Crippen molar-refractivity contribution in [2.24, 2.45) is 0 Å². The van der Waals surface area contributed by atoms with Crippen LogP contribution in [0.4, 0.5) is 13.2 Å². The van der Waals surface area contributed by atoms with E-state index in [9.17, 15) is 13.2 Å². The van der Waals surface area contributed by atoms with Gasteiger partial charge >= 0.3 is 13.5 Å². The lowest BCUT2D eigenvalue weighted by Crippen LogP contribution is -2.29. The van der Waals surface area contributed by atoms with E-state index in [1.165, 1.54) is 0 Å². The highest BCUT2D eigenvalue weighted by Crippen LogP contribution is 2.21. The lowest BCUT2D eigenvalue weighted by Gasteiger charge is -2.08. The molecule has 0 fully saturated rings. The summed E-state index contributed by atoms with van der Waals surface area (Å²) in [4.78, 5) is 0. The molecule has 0 unspecified atom stereocenters. The van der Waals surface area contributed by atoms with Crippen LogP contribution in [0.3, 0.4) is 0 Å². The summed E-state index contributed by atoms with van der Waals surface area (Å²) in [6.45, 7) is 0. The Labute approximate surface area is 133 Å². The molecule has 2 aromatic carbocycles. The lowest BCUT2D eigenvalue weighted by atomic mass is 9.80. The molecule has 118 valence electrons. The summed E-state index contributed by atoms with van der Waals surface area (Å²) in [7, 11) is -1.70. The molecule has 22 heavy (non-hydrogen) atoms. The van der Waals surface area contributed by atoms with Crippen LogP contribution in [0.25, 0.3) is 0 Å². The number of hydrogen-bond donors (Lipinski definition) is 3. The first-order chi connectivity index (χ1) is 10.2. The van der Waals surface area contributed by atoms with Crippen molar-refractivity contribution in [2.45, 2.75) is 6.36 Å². The zero-order chi connectivity index (χ0) is 16.8. The fourth-order valence-electron chi connectivity index (χ4n) is 1.28. The monoisotopic (exact) mass is 378 g/mol. The van der Waals surface area contributed by atoms with Gasteiger partial charge in [-0.3, -0.25) is 0 Å². The zero-order valence-electron chi connectivity index (χ0n) is 11.0. The molecule has 0 atom stereocenters. The topological polar surface area (TPSA) is 69.9 Å². The van der Waals surface area contributed by atoms with E-state index in [4.69, 9.17) is 15.2 Å². The minimum atomic E-state index is -4.74. The molecule has 0 saturated carbocycles. The Morgan fingerprint density at radius 1 is 0.909 bits per heavy atom. The molecule has 2 rings (SSSR count). The number of benzene rings is 2. The van der Waals surface area contributed by atoms with E-state index in [-0.39, 0.29) is 5.46 Å². The Bertz CT molecular complexity index is 552. The molecule has 0 aromatic heterocycles. The van der Waals surface area contributed by atoms with E-state index in [1.54, 1.807) is 24.3 Å². The highest BCUT2D eigenvalue weighted by Gasteiger charge is 2.31. The number of phenols is 1. The van der Waals surface area contributed by atoms with Gasteiger partial charge in [0.2, 0.25) is 0 Å². The standard InChI is InChI=1S/C7H6BF3O3.C6H5BrO/c9-7(10,11)14-6-3-1-5(2-4-6)8(12)13;7-5-1-3-6(8)4-2-5/h1-4,12-13H;1-4,8H. The Morgan fingerprint density at radius 3 is 1.77 bits per heavy atom. The van der Waals surface area contributed by atoms with Crippen LogP contribution in [-0.4, -0.2) is 28.6 Å². The van der Waals surface area contributed by atoms with E-state index < -0.39 is 19.2 Å². The second-order valence-electron chi connectivity index (χ2n) is 3.97. The quantitative estimate of drug-likeness (QED) is 0.702. The number of halogens is 4. The summed E-state index contributed by atoms with van der Waals surface area (Å²) in [6.07, 6.45) is -4.74. The molecule has 0 saturated heterocycles. The third-order valence-electron chi connectivity index (χ3n) is 2.24. The summed E-state index contributed by atoms with van der Waals surface area (Å²) in [5.41, 5.74) is 0.0968. The summed E-state index contributed by atoms with van der Waals surface area (Å²) in [5, 5.41) is 26.0. The van der Waals surface area contributed by atoms with Crippen molar-refractivity contribution in [3.05, 3.63) is 53.0 Å². The van der Waals surface area contributed by atoms with Gasteiger partial charge in [0.1, 0.15) is 11.5 Å². The minimum absolute atomic E-state index is 0.0968. The van der Waals surface area contributed by atoms with Crippen LogP contribution in [0.1, 0.15) is 0 Å². The van der Waals surface area contributed by atoms with Crippen molar-refractivity contribution in [3.63, 3.8) is 0 Å². The van der Waals surface area contributed by atoms with Crippen LogP contribution >= 0.6 is 15.9 Å². The number of alkyl halides is 3. The summed E-state index contributed by atoms with van der Waals surface area (Å²) in [5.74, 6) is -0.102. The zero-order valence-corrected chi connectivity index (χ0v) is 12.5. The second-order valence-corrected chi connectivity index (χ2v) is 4.88. The predicted octanol–water partition coefficient (Wildman–Crippen LogP) is 2.42. The number of rotatable bonds is 2. The van der Waals surface area contributed by atoms with Crippen molar-refractivity contribution >= 4 is 28.5 Å². The highest BCUT2D eigenvalue weighted by atomic mass is 79.9. The van der Waals surface area contributed by atoms with Gasteiger partial charge in [-0.15, -0.1) is 13.2 Å². The second kappa shape index (κ2) is 8.07. The maximum absolute atomic E-state index is 11.7. The first-order valence-corrected chi connectivity index (χ1v) is 6.63. The Balaban J connectivity index is 0.000000255. The number of aromatic hydroxyl groups is 1. The Morgan fingerprint density at radius 2 is 1.41 bits per heavy atom. The van der Waals surface area contributed by atoms with E-state index in [2.05, 4.69) is 20.7 Å². The van der Waals surface area contributed by atoms with E-state index in [1.807, 2.05) is 0 Å². The molecule has 0 heterocycles. The van der Waals surface area contributed by atoms with Gasteiger partial charge in [-0.05, 0) is 41.9 Å². The van der Waals surface area contributed by atoms with E-state index in [0.29, 0.717) is 5.75 Å². The summed E-state index contributed by atoms with van der Waals surface area (Å²) in [6, 6.07) is 11.1. The van der Waals surface area contributed by atoms with Gasteiger partial charge in [0.05, 0.1) is 0 Å². The number of hydrogen-bond acceptors (Lipinski definition) is 4. The van der Waals surface area contributed by atoms with Crippen LogP contribution in [0.15, 0.2) is 53.0 Å². The Hall–Kier alpha value is -1.71. The van der Waals surface area contributed by atoms with Gasteiger partial charge in [-0.25, -0.2) is 0 Å². The molecule has 0 spiro atoms. The van der Waals surface area contributed by atoms with Gasteiger partial charge in [0.25, 0.3) is 0 Å². The average molecular weight is 379 g/mol. The van der Waals surface area contributed by atoms with Crippen LogP contribution in [-0.2, 0) is 0 Å². The first-order valence-electron chi connectivity index (χ1n) is 5.84. The van der Waals surface area contributed by atoms with Crippen molar-refractivity contribution in [1.29, 1.82) is 0 Å². The first kappa shape index (κ1) is 18.3. The van der Waals surface area contributed by atoms with Gasteiger partial charge < -0.3 is 19.9 Å². The van der Waals surface area contributed by atoms with Gasteiger partial charge in [0.15, 0.2) is 0 Å². The van der Waals surface area contributed by atoms with Gasteiger partial charge in [0, 0.05) is 4.47 Å². The molecule has 9 heteroatoms. The van der Waals surface area contributed by atoms with Crippen LogP contribution < -0.4 is 10.2 Å². The SMILES string of the molecule is OB(O)c1ccc(OC(F)(F)F)cc1.Oc1ccc(Br)cc1. The molecule has 0 amide bonds. The maximum atomic E-state index is 11.7. The molecule has 2 aromatic rings. The van der Waals surface area contributed by atoms with E-state index in [0.717, 1.165) is 28.7 Å². The van der Waals surface area contributed by atoms with Crippen LogP contribution in [0.2, 0.25) is 0 Å². The normalized spacial score (nSPS) is 10.5. The molecule has 0 bridgehead atoms. The third-order valence-corrected chi connectivity index (χ3v) is 2.77. The van der Waals surface area contributed by atoms with Crippen molar-refractivity contribution < 1.29 is 33.1 Å². The lowest BCUT2D eigenvalue weighted by molar-refractivity contribution is -0.274. The Kier molecular flexibility index (Phi) is 6.73. The molecule has 0 aliphatic carbocycles. The van der Waals surface area contributed by atoms with Crippen molar-refractivity contribution in [2.75, 3.05) is 0 Å². The van der Waals surface area contributed by atoms with E-state index >= 15 is 0 Å². The molecular weight excluding hydrogens is 368 g/mol. The summed E-state index contributed by atoms with van der Waals surface area (Å²) >= 11 is 3.23. The van der Waals surface area contributed by atoms with Crippen LogP contribution in [0.5, 0.6) is 11.5 Å². The van der Waals surface area contributed by atoms with Crippen LogP contribution in [0, 0.1) is 0 Å². The fraction of sp³-hybridized carbons (Fsp3) is 0.0769. The largest absolute Gasteiger partial charge is 0.573 e. The smallest absolute Gasteiger partial charge is 0.508 e.